The number of nitrogens with zero attached hydrogens (tertiary/aromatic N) is 1. The van der Waals surface area contributed by atoms with Crippen LogP contribution in [0.25, 0.3) is 0 Å². The zero-order valence-electron chi connectivity index (χ0n) is 13.4. The van der Waals surface area contributed by atoms with E-state index >= 15 is 0 Å². The van der Waals surface area contributed by atoms with Crippen molar-refractivity contribution in [2.24, 2.45) is 0 Å². The van der Waals surface area contributed by atoms with Gasteiger partial charge >= 0.3 is 0 Å². The molecule has 0 aliphatic heterocycles. The van der Waals surface area contributed by atoms with E-state index < -0.39 is 10.0 Å². The first-order valence-corrected chi connectivity index (χ1v) is 10.2. The van der Waals surface area contributed by atoms with Gasteiger partial charge in [0.05, 0.1) is 11.9 Å². The predicted molar refractivity (Wildman–Crippen MR) is 103 cm³/mol. The molecule has 0 saturated carbocycles. The van der Waals surface area contributed by atoms with Crippen LogP contribution < -0.4 is 10.0 Å². The third-order valence-electron chi connectivity index (χ3n) is 3.39. The van der Waals surface area contributed by atoms with Gasteiger partial charge in [0.2, 0.25) is 0 Å². The van der Waals surface area contributed by atoms with E-state index in [1.54, 1.807) is 36.5 Å². The van der Waals surface area contributed by atoms with Crippen LogP contribution >= 0.6 is 22.9 Å². The van der Waals surface area contributed by atoms with Crippen molar-refractivity contribution in [1.82, 2.24) is 4.98 Å². The van der Waals surface area contributed by atoms with Gasteiger partial charge in [-0.2, -0.15) is 0 Å². The lowest BCUT2D eigenvalue weighted by Crippen LogP contribution is -2.12. The van der Waals surface area contributed by atoms with Gasteiger partial charge in [-0.3, -0.25) is 4.72 Å². The number of anilines is 3. The van der Waals surface area contributed by atoms with Gasteiger partial charge in [0, 0.05) is 15.6 Å². The van der Waals surface area contributed by atoms with E-state index in [9.17, 15) is 8.42 Å². The van der Waals surface area contributed by atoms with E-state index in [0.29, 0.717) is 5.02 Å². The van der Waals surface area contributed by atoms with Gasteiger partial charge in [0.15, 0.2) is 0 Å². The van der Waals surface area contributed by atoms with Crippen molar-refractivity contribution in [2.45, 2.75) is 17.6 Å². The number of halogens is 1. The highest BCUT2D eigenvalue weighted by atomic mass is 35.5. The van der Waals surface area contributed by atoms with Gasteiger partial charge < -0.3 is 5.32 Å². The molecule has 0 aliphatic rings. The first-order valence-electron chi connectivity index (χ1n) is 7.56. The maximum Gasteiger partial charge on any atom is 0.272 e. The first kappa shape index (κ1) is 17.7. The molecule has 2 N–H and O–H groups in total. The van der Waals surface area contributed by atoms with Gasteiger partial charge in [-0.1, -0.05) is 18.5 Å². The molecule has 3 aromatic rings. The van der Waals surface area contributed by atoms with E-state index in [-0.39, 0.29) is 10.0 Å². The second-order valence-electron chi connectivity index (χ2n) is 5.24. The zero-order chi connectivity index (χ0) is 17.9. The highest BCUT2D eigenvalue weighted by Gasteiger charge is 2.17. The summed E-state index contributed by atoms with van der Waals surface area (Å²) < 4.78 is 27.5. The normalized spacial score (nSPS) is 11.3. The van der Waals surface area contributed by atoms with Gasteiger partial charge in [-0.15, -0.1) is 11.3 Å². The van der Waals surface area contributed by atoms with Crippen molar-refractivity contribution in [3.63, 3.8) is 0 Å². The number of sulfonamides is 1. The van der Waals surface area contributed by atoms with Crippen LogP contribution in [0.1, 0.15) is 11.8 Å². The van der Waals surface area contributed by atoms with Crippen LogP contribution in [0.15, 0.2) is 58.9 Å². The maximum absolute atomic E-state index is 12.4. The summed E-state index contributed by atoms with van der Waals surface area (Å²) in [6.07, 6.45) is 2.38. The van der Waals surface area contributed by atoms with Crippen LogP contribution in [0.4, 0.5) is 17.2 Å². The molecule has 0 amide bonds. The third-order valence-corrected chi connectivity index (χ3v) is 6.71. The number of nitrogens with one attached hydrogen (secondary N) is 2. The quantitative estimate of drug-likeness (QED) is 0.624. The average Bonchev–Trinajstić information content (AvgIpc) is 3.09. The molecular formula is C17H16ClN3O2S2. The molecule has 5 nitrogen and oxygen atoms in total. The Bertz CT molecular complexity index is 952. The Balaban J connectivity index is 1.70. The summed E-state index contributed by atoms with van der Waals surface area (Å²) in [6, 6.07) is 14.1. The van der Waals surface area contributed by atoms with E-state index in [2.05, 4.69) is 15.0 Å². The Kier molecular flexibility index (Phi) is 5.27. The SMILES string of the molecule is CCc1ccc(S(=O)(=O)Nc2ccc(Nc3ccc(Cl)cc3)cn2)s1. The number of benzene rings is 1. The largest absolute Gasteiger partial charge is 0.354 e. The summed E-state index contributed by atoms with van der Waals surface area (Å²) in [7, 11) is -3.61. The van der Waals surface area contributed by atoms with Gasteiger partial charge in [-0.05, 0) is 55.0 Å². The minimum absolute atomic E-state index is 0.271. The smallest absolute Gasteiger partial charge is 0.272 e. The standard InChI is InChI=1S/C17H16ClN3O2S2/c1-2-15-8-10-17(24-15)25(22,23)21-16-9-7-14(11-19-16)20-13-5-3-12(18)4-6-13/h3-11,20H,2H2,1H3,(H,19,21). The van der Waals surface area contributed by atoms with Crippen molar-refractivity contribution >= 4 is 50.2 Å². The van der Waals surface area contributed by atoms with Crippen molar-refractivity contribution in [3.8, 4) is 0 Å². The zero-order valence-corrected chi connectivity index (χ0v) is 15.8. The monoisotopic (exact) mass is 393 g/mol. The molecule has 2 aromatic heterocycles. The van der Waals surface area contributed by atoms with Crippen LogP contribution in [0.2, 0.25) is 5.02 Å². The molecule has 3 rings (SSSR count). The van der Waals surface area contributed by atoms with Crippen molar-refractivity contribution in [3.05, 3.63) is 64.6 Å². The summed E-state index contributed by atoms with van der Waals surface area (Å²) in [6.45, 7) is 1.99. The molecule has 0 saturated heterocycles. The summed E-state index contributed by atoms with van der Waals surface area (Å²) in [5, 5.41) is 3.83. The van der Waals surface area contributed by atoms with Crippen molar-refractivity contribution in [1.29, 1.82) is 0 Å². The highest BCUT2D eigenvalue weighted by Crippen LogP contribution is 2.24. The molecule has 0 atom stereocenters. The fraction of sp³-hybridized carbons (Fsp3) is 0.118. The molecule has 2 heterocycles. The van der Waals surface area contributed by atoms with Gasteiger partial charge in [0.1, 0.15) is 10.0 Å². The molecular weight excluding hydrogens is 378 g/mol. The van der Waals surface area contributed by atoms with E-state index in [4.69, 9.17) is 11.6 Å². The average molecular weight is 394 g/mol. The third kappa shape index (κ3) is 4.50. The first-order chi connectivity index (χ1) is 12.0. The van der Waals surface area contributed by atoms with E-state index in [1.807, 2.05) is 25.1 Å². The second kappa shape index (κ2) is 7.43. The topological polar surface area (TPSA) is 71.1 Å². The Morgan fingerprint density at radius 1 is 1.04 bits per heavy atom. The molecule has 8 heteroatoms. The van der Waals surface area contributed by atoms with Crippen LogP contribution in [0.3, 0.4) is 0 Å². The fourth-order valence-electron chi connectivity index (χ4n) is 2.11. The Morgan fingerprint density at radius 2 is 1.76 bits per heavy atom. The lowest BCUT2D eigenvalue weighted by Gasteiger charge is -2.08. The minimum Gasteiger partial charge on any atom is -0.354 e. The number of aromatic nitrogens is 1. The van der Waals surface area contributed by atoms with Crippen molar-refractivity contribution in [2.75, 3.05) is 10.0 Å². The Morgan fingerprint density at radius 3 is 2.36 bits per heavy atom. The number of pyridine rings is 1. The van der Waals surface area contributed by atoms with Gasteiger partial charge in [0.25, 0.3) is 10.0 Å². The molecule has 0 unspecified atom stereocenters. The Hall–Kier alpha value is -2.09. The van der Waals surface area contributed by atoms with Crippen molar-refractivity contribution < 1.29 is 8.42 Å². The summed E-state index contributed by atoms with van der Waals surface area (Å²) in [5.74, 6) is 0.271. The van der Waals surface area contributed by atoms with E-state index in [1.165, 1.54) is 11.3 Å². The Labute approximate surface area is 155 Å². The van der Waals surface area contributed by atoms with E-state index in [0.717, 1.165) is 22.7 Å². The summed E-state index contributed by atoms with van der Waals surface area (Å²) >= 11 is 7.12. The molecule has 1 aromatic carbocycles. The number of aryl methyl sites for hydroxylation is 1. The molecule has 0 spiro atoms. The summed E-state index contributed by atoms with van der Waals surface area (Å²) in [4.78, 5) is 5.18. The molecule has 25 heavy (non-hydrogen) atoms. The maximum atomic E-state index is 12.4. The number of rotatable bonds is 6. The minimum atomic E-state index is -3.61. The summed E-state index contributed by atoms with van der Waals surface area (Å²) in [5.41, 5.74) is 1.61. The molecule has 130 valence electrons. The molecule has 0 bridgehead atoms. The lowest BCUT2D eigenvalue weighted by atomic mass is 10.3. The fourth-order valence-corrected chi connectivity index (χ4v) is 4.54. The van der Waals surface area contributed by atoms with Crippen LogP contribution in [-0.2, 0) is 16.4 Å². The van der Waals surface area contributed by atoms with Crippen LogP contribution in [0, 0.1) is 0 Å². The number of hydrogen-bond acceptors (Lipinski definition) is 5. The van der Waals surface area contributed by atoms with Crippen LogP contribution in [0.5, 0.6) is 0 Å². The van der Waals surface area contributed by atoms with Gasteiger partial charge in [-0.25, -0.2) is 13.4 Å². The lowest BCUT2D eigenvalue weighted by molar-refractivity contribution is 0.603. The molecule has 0 fully saturated rings. The predicted octanol–water partition coefficient (Wildman–Crippen LogP) is 4.90. The molecule has 0 radical (unpaired) electrons. The number of hydrogen-bond donors (Lipinski definition) is 2. The number of thiophene rings is 1. The second-order valence-corrected chi connectivity index (χ2v) is 8.76. The van der Waals surface area contributed by atoms with Crippen LogP contribution in [-0.4, -0.2) is 13.4 Å². The molecule has 0 aliphatic carbocycles. The highest BCUT2D eigenvalue weighted by molar-refractivity contribution is 7.94.